The first-order chi connectivity index (χ1) is 3.79. The second kappa shape index (κ2) is 3.82. The van der Waals surface area contributed by atoms with Gasteiger partial charge in [-0.05, 0) is 6.92 Å². The van der Waals surface area contributed by atoms with Crippen LogP contribution < -0.4 is 4.90 Å². The zero-order chi connectivity index (χ0) is 5.98. The number of likely N-dealkylation sites (N-methyl/N-ethyl adjacent to an activating group) is 1. The van der Waals surface area contributed by atoms with Crippen LogP contribution in [0.25, 0.3) is 0 Å². The smallest absolute Gasteiger partial charge is 0.104 e. The molecule has 2 atom stereocenters. The normalized spacial score (nSPS) is 35.3. The zero-order valence-electron chi connectivity index (χ0n) is 6.05. The molecule has 3 nitrogen and oxygen atoms in total. The van der Waals surface area contributed by atoms with Crippen LogP contribution in [0.2, 0.25) is 0 Å². The number of hydrogen-bond donors (Lipinski definition) is 1. The Morgan fingerprint density at radius 1 is 1.56 bits per heavy atom. The Bertz CT molecular complexity index is 69.5. The lowest BCUT2D eigenvalue weighted by Crippen LogP contribution is -3.11. The van der Waals surface area contributed by atoms with Crippen LogP contribution in [-0.2, 0) is 4.74 Å². The van der Waals surface area contributed by atoms with Crippen molar-refractivity contribution in [3.8, 4) is 0 Å². The highest BCUT2D eigenvalue weighted by Crippen LogP contribution is 1.87. The molecule has 0 saturated carbocycles. The molecule has 56 valence electrons. The van der Waals surface area contributed by atoms with Crippen LogP contribution in [0.15, 0.2) is 0 Å². The molecule has 0 radical (unpaired) electrons. The minimum Gasteiger partial charge on any atom is -0.870 e. The summed E-state index contributed by atoms with van der Waals surface area (Å²) < 4.78 is 5.33. The predicted octanol–water partition coefficient (Wildman–Crippen LogP) is -1.26. The van der Waals surface area contributed by atoms with Gasteiger partial charge in [0, 0.05) is 0 Å². The summed E-state index contributed by atoms with van der Waals surface area (Å²) in [6.07, 6.45) is 0.476. The standard InChI is InChI=1S/C6H13NO.H2O/c1-6-5-7(2)3-4-8-6;/h6H,3-5H2,1-2H3;1H2. The summed E-state index contributed by atoms with van der Waals surface area (Å²) >= 11 is 0. The van der Waals surface area contributed by atoms with E-state index in [1.54, 1.807) is 4.90 Å². The fourth-order valence-corrected chi connectivity index (χ4v) is 1.09. The van der Waals surface area contributed by atoms with Crippen molar-refractivity contribution in [1.29, 1.82) is 0 Å². The van der Waals surface area contributed by atoms with Gasteiger partial charge in [0.25, 0.3) is 0 Å². The fourth-order valence-electron chi connectivity index (χ4n) is 1.09. The van der Waals surface area contributed by atoms with E-state index in [0.717, 1.165) is 6.61 Å². The van der Waals surface area contributed by atoms with Gasteiger partial charge in [0.15, 0.2) is 0 Å². The minimum atomic E-state index is 0. The number of ether oxygens (including phenoxy) is 1. The molecule has 1 fully saturated rings. The van der Waals surface area contributed by atoms with E-state index in [2.05, 4.69) is 14.0 Å². The summed E-state index contributed by atoms with van der Waals surface area (Å²) in [5, 5.41) is 0. The van der Waals surface area contributed by atoms with Crippen LogP contribution in [0.3, 0.4) is 0 Å². The number of quaternary nitrogens is 1. The number of morpholine rings is 1. The zero-order valence-corrected chi connectivity index (χ0v) is 6.05. The molecule has 2 unspecified atom stereocenters. The SMILES string of the molecule is CC1C[NH+](C)CCO1.[OH-]. The first kappa shape index (κ1) is 8.88. The lowest BCUT2D eigenvalue weighted by Gasteiger charge is -2.24. The molecule has 9 heavy (non-hydrogen) atoms. The van der Waals surface area contributed by atoms with Gasteiger partial charge in [-0.25, -0.2) is 0 Å². The molecule has 0 spiro atoms. The van der Waals surface area contributed by atoms with Crippen LogP contribution in [0.4, 0.5) is 0 Å². The molecule has 3 heteroatoms. The molecule has 0 aromatic carbocycles. The third-order valence-corrected chi connectivity index (χ3v) is 1.57. The van der Waals surface area contributed by atoms with E-state index in [-0.39, 0.29) is 5.48 Å². The van der Waals surface area contributed by atoms with E-state index in [1.807, 2.05) is 0 Å². The first-order valence-electron chi connectivity index (χ1n) is 3.22. The van der Waals surface area contributed by atoms with Gasteiger partial charge in [-0.15, -0.1) is 0 Å². The predicted molar refractivity (Wildman–Crippen MR) is 34.0 cm³/mol. The highest BCUT2D eigenvalue weighted by molar-refractivity contribution is 4.48. The third kappa shape index (κ3) is 2.79. The van der Waals surface area contributed by atoms with Gasteiger partial charge < -0.3 is 15.1 Å². The van der Waals surface area contributed by atoms with Gasteiger partial charge in [0.05, 0.1) is 13.7 Å². The summed E-state index contributed by atoms with van der Waals surface area (Å²) in [7, 11) is 2.21. The van der Waals surface area contributed by atoms with Crippen molar-refractivity contribution < 1.29 is 15.1 Å². The number of nitrogens with one attached hydrogen (secondary N) is 1. The Morgan fingerprint density at radius 2 is 2.22 bits per heavy atom. The Balaban J connectivity index is 0.000000640. The average Bonchev–Trinajstić information content (AvgIpc) is 1.64. The molecule has 2 N–H and O–H groups in total. The van der Waals surface area contributed by atoms with Crippen molar-refractivity contribution in [3.05, 3.63) is 0 Å². The molecule has 0 aromatic rings. The van der Waals surface area contributed by atoms with Crippen LogP contribution >= 0.6 is 0 Å². The molecule has 1 saturated heterocycles. The van der Waals surface area contributed by atoms with Crippen molar-refractivity contribution >= 4 is 0 Å². The van der Waals surface area contributed by atoms with Gasteiger partial charge in [-0.2, -0.15) is 0 Å². The minimum absolute atomic E-state index is 0. The highest BCUT2D eigenvalue weighted by atomic mass is 16.5. The quantitative estimate of drug-likeness (QED) is 0.448. The highest BCUT2D eigenvalue weighted by Gasteiger charge is 2.14. The lowest BCUT2D eigenvalue weighted by atomic mass is 10.3. The van der Waals surface area contributed by atoms with Crippen molar-refractivity contribution in [3.63, 3.8) is 0 Å². The van der Waals surface area contributed by atoms with E-state index >= 15 is 0 Å². The fraction of sp³-hybridized carbons (Fsp3) is 1.00. The molecule has 1 aliphatic rings. The third-order valence-electron chi connectivity index (χ3n) is 1.57. The molecular weight excluding hydrogens is 118 g/mol. The van der Waals surface area contributed by atoms with Gasteiger partial charge in [-0.3, -0.25) is 0 Å². The van der Waals surface area contributed by atoms with Crippen LogP contribution in [-0.4, -0.2) is 38.3 Å². The summed E-state index contributed by atoms with van der Waals surface area (Å²) in [4.78, 5) is 1.59. The molecule has 1 aliphatic heterocycles. The summed E-state index contributed by atoms with van der Waals surface area (Å²) in [5.74, 6) is 0. The number of hydrogen-bond acceptors (Lipinski definition) is 2. The Hall–Kier alpha value is -0.120. The maximum atomic E-state index is 5.33. The summed E-state index contributed by atoms with van der Waals surface area (Å²) in [6.45, 7) is 5.40. The van der Waals surface area contributed by atoms with E-state index in [4.69, 9.17) is 4.74 Å². The second-order valence-corrected chi connectivity index (χ2v) is 2.59. The molecule has 0 aromatic heterocycles. The van der Waals surface area contributed by atoms with Gasteiger partial charge in [0.1, 0.15) is 19.2 Å². The number of rotatable bonds is 0. The maximum Gasteiger partial charge on any atom is 0.104 e. The van der Waals surface area contributed by atoms with Crippen molar-refractivity contribution in [1.82, 2.24) is 0 Å². The molecular formula is C6H15NO2. The maximum absolute atomic E-state index is 5.33. The molecule has 1 rings (SSSR count). The molecule has 1 heterocycles. The average molecular weight is 133 g/mol. The van der Waals surface area contributed by atoms with E-state index in [1.165, 1.54) is 13.1 Å². The monoisotopic (exact) mass is 133 g/mol. The first-order valence-corrected chi connectivity index (χ1v) is 3.22. The Labute approximate surface area is 55.9 Å². The second-order valence-electron chi connectivity index (χ2n) is 2.59. The van der Waals surface area contributed by atoms with Gasteiger partial charge >= 0.3 is 0 Å². The van der Waals surface area contributed by atoms with Crippen LogP contribution in [0.1, 0.15) is 6.92 Å². The molecule has 0 bridgehead atoms. The van der Waals surface area contributed by atoms with Crippen molar-refractivity contribution in [2.45, 2.75) is 13.0 Å². The summed E-state index contributed by atoms with van der Waals surface area (Å²) in [6, 6.07) is 0. The largest absolute Gasteiger partial charge is 0.870 e. The van der Waals surface area contributed by atoms with Crippen molar-refractivity contribution in [2.24, 2.45) is 0 Å². The van der Waals surface area contributed by atoms with E-state index in [9.17, 15) is 0 Å². The van der Waals surface area contributed by atoms with Gasteiger partial charge in [0.2, 0.25) is 0 Å². The van der Waals surface area contributed by atoms with Crippen LogP contribution in [0, 0.1) is 0 Å². The Kier molecular flexibility index (Phi) is 3.77. The van der Waals surface area contributed by atoms with Gasteiger partial charge in [-0.1, -0.05) is 0 Å². The topological polar surface area (TPSA) is 43.7 Å². The Morgan fingerprint density at radius 3 is 2.56 bits per heavy atom. The van der Waals surface area contributed by atoms with Crippen LogP contribution in [0.5, 0.6) is 0 Å². The van der Waals surface area contributed by atoms with Crippen molar-refractivity contribution in [2.75, 3.05) is 26.7 Å². The molecule has 0 amide bonds. The summed E-state index contributed by atoms with van der Waals surface area (Å²) in [5.41, 5.74) is 0. The lowest BCUT2D eigenvalue weighted by molar-refractivity contribution is -0.891. The van der Waals surface area contributed by atoms with E-state index < -0.39 is 0 Å². The van der Waals surface area contributed by atoms with E-state index in [0.29, 0.717) is 6.10 Å². The molecule has 0 aliphatic carbocycles.